The molecule has 2 bridgehead atoms. The molecule has 3 aromatic rings. The smallest absolute Gasteiger partial charge is 0.323 e. The van der Waals surface area contributed by atoms with Gasteiger partial charge in [-0.1, -0.05) is 6.92 Å². The third kappa shape index (κ3) is 3.21. The topological polar surface area (TPSA) is 97.0 Å². The van der Waals surface area contributed by atoms with Gasteiger partial charge in [-0.3, -0.25) is 0 Å². The van der Waals surface area contributed by atoms with E-state index in [9.17, 15) is 13.6 Å². The van der Waals surface area contributed by atoms with Gasteiger partial charge in [0.1, 0.15) is 11.4 Å². The first-order valence-corrected chi connectivity index (χ1v) is 10.5. The number of nitrogens with zero attached hydrogens (tertiary/aromatic N) is 5. The van der Waals surface area contributed by atoms with Gasteiger partial charge < -0.3 is 14.6 Å². The zero-order valence-corrected chi connectivity index (χ0v) is 17.9. The molecule has 2 aromatic heterocycles. The van der Waals surface area contributed by atoms with Crippen molar-refractivity contribution in [3.63, 3.8) is 0 Å². The summed E-state index contributed by atoms with van der Waals surface area (Å²) in [6.45, 7) is 5.54. The molecule has 2 amide bonds. The van der Waals surface area contributed by atoms with Crippen LogP contribution < -0.4 is 5.32 Å². The second kappa shape index (κ2) is 7.32. The predicted octanol–water partition coefficient (Wildman–Crippen LogP) is 4.35. The van der Waals surface area contributed by atoms with Crippen LogP contribution in [0.2, 0.25) is 0 Å². The maximum atomic E-state index is 14.8. The molecule has 8 nitrogen and oxygen atoms in total. The Morgan fingerprint density at radius 2 is 1.94 bits per heavy atom. The highest BCUT2D eigenvalue weighted by Gasteiger charge is 2.62. The lowest BCUT2D eigenvalue weighted by molar-refractivity contribution is -0.110. The van der Waals surface area contributed by atoms with E-state index >= 15 is 0 Å². The number of piperidine rings is 1. The molecule has 1 saturated carbocycles. The molecular formula is C22H22F2N6O2. The monoisotopic (exact) mass is 440 g/mol. The fourth-order valence-electron chi connectivity index (χ4n) is 5.07. The first-order chi connectivity index (χ1) is 15.3. The summed E-state index contributed by atoms with van der Waals surface area (Å²) in [5.74, 6) is 0.337. The number of aromatic nitrogens is 4. The van der Waals surface area contributed by atoms with E-state index in [1.165, 1.54) is 12.1 Å². The van der Waals surface area contributed by atoms with E-state index in [1.807, 2.05) is 0 Å². The summed E-state index contributed by atoms with van der Waals surface area (Å²) in [6, 6.07) is 2.35. The minimum atomic E-state index is -0.683. The zero-order chi connectivity index (χ0) is 22.6. The maximum absolute atomic E-state index is 14.8. The molecule has 32 heavy (non-hydrogen) atoms. The van der Waals surface area contributed by atoms with Crippen molar-refractivity contribution in [2.45, 2.75) is 51.6 Å². The zero-order valence-electron chi connectivity index (χ0n) is 17.9. The number of anilines is 1. The van der Waals surface area contributed by atoms with Crippen LogP contribution in [-0.4, -0.2) is 37.1 Å². The lowest BCUT2D eigenvalue weighted by atomic mass is 9.64. The average molecular weight is 440 g/mol. The van der Waals surface area contributed by atoms with Crippen molar-refractivity contribution in [3.05, 3.63) is 53.5 Å². The van der Waals surface area contributed by atoms with Crippen molar-refractivity contribution in [1.82, 2.24) is 25.1 Å². The van der Waals surface area contributed by atoms with Crippen LogP contribution in [0.1, 0.15) is 43.5 Å². The molecule has 2 aliphatic rings. The second-order valence-electron chi connectivity index (χ2n) is 8.73. The number of halogens is 2. The number of carbonyl (C=O) groups is 1. The maximum Gasteiger partial charge on any atom is 0.323 e. The van der Waals surface area contributed by atoms with Gasteiger partial charge in [0.25, 0.3) is 0 Å². The summed E-state index contributed by atoms with van der Waals surface area (Å²) >= 11 is 0. The van der Waals surface area contributed by atoms with Crippen molar-refractivity contribution < 1.29 is 18.0 Å². The van der Waals surface area contributed by atoms with Gasteiger partial charge in [-0.15, -0.1) is 10.2 Å². The van der Waals surface area contributed by atoms with E-state index in [4.69, 9.17) is 4.42 Å². The third-order valence-corrected chi connectivity index (χ3v) is 6.32. The van der Waals surface area contributed by atoms with Crippen LogP contribution in [0.4, 0.5) is 19.3 Å². The van der Waals surface area contributed by atoms with Crippen LogP contribution in [0.25, 0.3) is 11.4 Å². The van der Waals surface area contributed by atoms with E-state index in [-0.39, 0.29) is 17.6 Å². The third-order valence-electron chi connectivity index (χ3n) is 6.32. The highest BCUT2D eigenvalue weighted by atomic mass is 19.1. The van der Waals surface area contributed by atoms with E-state index < -0.39 is 23.2 Å². The van der Waals surface area contributed by atoms with Gasteiger partial charge >= 0.3 is 6.03 Å². The quantitative estimate of drug-likeness (QED) is 0.650. The number of urea groups is 1. The van der Waals surface area contributed by atoms with Gasteiger partial charge in [0.15, 0.2) is 11.6 Å². The van der Waals surface area contributed by atoms with Crippen LogP contribution in [0, 0.1) is 31.4 Å². The molecular weight excluding hydrogens is 418 g/mol. The molecule has 1 saturated heterocycles. The first kappa shape index (κ1) is 20.5. The number of aryl methyl sites for hydroxylation is 2. The Hall–Kier alpha value is -3.43. The van der Waals surface area contributed by atoms with Crippen molar-refractivity contribution in [1.29, 1.82) is 0 Å². The van der Waals surface area contributed by atoms with E-state index in [1.54, 1.807) is 18.7 Å². The molecule has 1 aliphatic carbocycles. The molecule has 3 atom stereocenters. The fraction of sp³-hybridized carbons (Fsp3) is 0.409. The Morgan fingerprint density at radius 1 is 1.19 bits per heavy atom. The summed E-state index contributed by atoms with van der Waals surface area (Å²) < 4.78 is 33.7. The van der Waals surface area contributed by atoms with Crippen LogP contribution in [0.15, 0.2) is 28.9 Å². The molecule has 10 heteroatoms. The molecule has 3 heterocycles. The molecule has 5 rings (SSSR count). The van der Waals surface area contributed by atoms with E-state index in [0.717, 1.165) is 25.2 Å². The highest BCUT2D eigenvalue weighted by molar-refractivity contribution is 5.92. The van der Waals surface area contributed by atoms with Gasteiger partial charge in [0, 0.05) is 24.9 Å². The molecule has 1 N–H and O–H groups in total. The Bertz CT molecular complexity index is 1200. The van der Waals surface area contributed by atoms with E-state index in [2.05, 4.69) is 32.4 Å². The van der Waals surface area contributed by atoms with Gasteiger partial charge in [-0.05, 0) is 43.4 Å². The van der Waals surface area contributed by atoms with Crippen molar-refractivity contribution in [2.75, 3.05) is 5.32 Å². The van der Waals surface area contributed by atoms with E-state index in [0.29, 0.717) is 35.2 Å². The van der Waals surface area contributed by atoms with Crippen LogP contribution in [0.5, 0.6) is 0 Å². The number of benzene rings is 1. The minimum Gasteiger partial charge on any atom is -0.423 e. The van der Waals surface area contributed by atoms with Crippen LogP contribution in [-0.2, 0) is 5.54 Å². The summed E-state index contributed by atoms with van der Waals surface area (Å²) in [5.41, 5.74) is 0.386. The summed E-state index contributed by atoms with van der Waals surface area (Å²) in [7, 11) is 0. The average Bonchev–Trinajstić information content (AvgIpc) is 3.17. The normalized spacial score (nSPS) is 24.2. The second-order valence-corrected chi connectivity index (χ2v) is 8.73. The number of amides is 2. The molecule has 2 unspecified atom stereocenters. The molecule has 166 valence electrons. The van der Waals surface area contributed by atoms with Gasteiger partial charge in [-0.25, -0.2) is 23.5 Å². The molecule has 1 aliphatic heterocycles. The number of hydrogen-bond acceptors (Lipinski definition) is 6. The Morgan fingerprint density at radius 3 is 2.62 bits per heavy atom. The highest BCUT2D eigenvalue weighted by Crippen LogP contribution is 2.55. The molecule has 0 spiro atoms. The Kier molecular flexibility index (Phi) is 4.68. The fourth-order valence-corrected chi connectivity index (χ4v) is 5.07. The van der Waals surface area contributed by atoms with Gasteiger partial charge in [0.2, 0.25) is 11.8 Å². The molecule has 1 aromatic carbocycles. The lowest BCUT2D eigenvalue weighted by Gasteiger charge is -2.61. The standard InChI is InChI=1S/C22H22F2N6O2/c1-11-4-15-8-22(7-11,20-29-28-13(3)32-20)30(15)21(31)27-18-6-16(12(2)5-17(18)24)19-25-9-14(23)10-26-19/h5-6,9-11,15H,4,7-8H2,1-3H3,(H,27,31)/t11-,15?,22?/m1/s1. The Labute approximate surface area is 183 Å². The largest absolute Gasteiger partial charge is 0.423 e. The molecule has 2 fully saturated rings. The van der Waals surface area contributed by atoms with Gasteiger partial charge in [-0.2, -0.15) is 0 Å². The molecule has 0 radical (unpaired) electrons. The number of likely N-dealkylation sites (tertiary alicyclic amines) is 1. The number of nitrogens with one attached hydrogen (secondary N) is 1. The first-order valence-electron chi connectivity index (χ1n) is 10.5. The number of carbonyl (C=O) groups excluding carboxylic acids is 1. The van der Waals surface area contributed by atoms with Crippen molar-refractivity contribution in [3.8, 4) is 11.4 Å². The number of hydrogen-bond donors (Lipinski definition) is 1. The summed E-state index contributed by atoms with van der Waals surface area (Å²) in [6.07, 6.45) is 4.37. The van der Waals surface area contributed by atoms with Gasteiger partial charge in [0.05, 0.1) is 18.1 Å². The van der Waals surface area contributed by atoms with Crippen molar-refractivity contribution in [2.24, 2.45) is 5.92 Å². The SMILES string of the molecule is Cc1nnc(C23CC(C[C@@H](C)C2)N3C(=O)Nc2cc(-c3ncc(F)cn3)c(C)cc2F)o1. The minimum absolute atomic E-state index is 0.00148. The van der Waals surface area contributed by atoms with Crippen LogP contribution >= 0.6 is 0 Å². The van der Waals surface area contributed by atoms with Crippen LogP contribution in [0.3, 0.4) is 0 Å². The summed E-state index contributed by atoms with van der Waals surface area (Å²) in [4.78, 5) is 22.9. The van der Waals surface area contributed by atoms with Crippen molar-refractivity contribution >= 4 is 11.7 Å². The number of fused-ring (bicyclic) bond motifs is 2. The Balaban J connectivity index is 1.46. The lowest BCUT2D eigenvalue weighted by Crippen LogP contribution is -2.70. The predicted molar refractivity (Wildman–Crippen MR) is 110 cm³/mol. The number of rotatable bonds is 3. The summed E-state index contributed by atoms with van der Waals surface area (Å²) in [5, 5.41) is 10.8.